The van der Waals surface area contributed by atoms with Gasteiger partial charge in [-0.05, 0) is 30.5 Å². The van der Waals surface area contributed by atoms with Crippen molar-refractivity contribution >= 4 is 28.9 Å². The van der Waals surface area contributed by atoms with Crippen LogP contribution in [0.4, 0.5) is 4.79 Å². The number of nitrogens with one attached hydrogen (secondary N) is 2. The molecule has 0 unspecified atom stereocenters. The quantitative estimate of drug-likeness (QED) is 0.771. The Balaban J connectivity index is 1.80. The molecule has 3 amide bonds. The van der Waals surface area contributed by atoms with E-state index in [1.165, 1.54) is 18.3 Å². The van der Waals surface area contributed by atoms with Gasteiger partial charge in [-0.3, -0.25) is 20.1 Å². The van der Waals surface area contributed by atoms with Gasteiger partial charge in [0.1, 0.15) is 0 Å². The lowest BCUT2D eigenvalue weighted by Crippen LogP contribution is -2.41. The normalized spacial score (nSPS) is 10.5. The Bertz CT molecular complexity index is 776. The van der Waals surface area contributed by atoms with E-state index >= 15 is 0 Å². The molecule has 2 N–H and O–H groups in total. The average molecular weight is 344 g/mol. The van der Waals surface area contributed by atoms with Crippen LogP contribution in [-0.4, -0.2) is 41.0 Å². The van der Waals surface area contributed by atoms with Crippen molar-refractivity contribution < 1.29 is 19.1 Å². The minimum Gasteiger partial charge on any atom is -0.452 e. The molecule has 0 bridgehead atoms. The van der Waals surface area contributed by atoms with Crippen LogP contribution in [-0.2, 0) is 9.53 Å². The largest absolute Gasteiger partial charge is 0.452 e. The van der Waals surface area contributed by atoms with E-state index in [2.05, 4.69) is 20.6 Å². The first kappa shape index (κ1) is 18.3. The molecule has 8 nitrogen and oxygen atoms in total. The zero-order chi connectivity index (χ0) is 18.2. The van der Waals surface area contributed by atoms with Gasteiger partial charge in [0.25, 0.3) is 5.91 Å². The molecule has 0 aliphatic carbocycles. The van der Waals surface area contributed by atoms with E-state index in [-0.39, 0.29) is 5.56 Å². The van der Waals surface area contributed by atoms with Crippen molar-refractivity contribution in [3.63, 3.8) is 0 Å². The SMILES string of the molecule is CC(C)CCNC(=O)NC(=O)COC(=O)c1ccc2nccnc2c1. The second-order valence-corrected chi connectivity index (χ2v) is 5.82. The Labute approximate surface area is 145 Å². The number of nitrogens with zero attached hydrogens (tertiary/aromatic N) is 2. The molecule has 0 aliphatic heterocycles. The zero-order valence-electron chi connectivity index (χ0n) is 14.1. The van der Waals surface area contributed by atoms with E-state index in [1.807, 2.05) is 13.8 Å². The molecule has 1 heterocycles. The van der Waals surface area contributed by atoms with Crippen LogP contribution in [0.5, 0.6) is 0 Å². The van der Waals surface area contributed by atoms with Crippen molar-refractivity contribution in [3.05, 3.63) is 36.2 Å². The lowest BCUT2D eigenvalue weighted by Gasteiger charge is -2.08. The average Bonchev–Trinajstić information content (AvgIpc) is 2.58. The number of urea groups is 1. The van der Waals surface area contributed by atoms with E-state index in [9.17, 15) is 14.4 Å². The molecule has 132 valence electrons. The molecule has 0 aliphatic rings. The minimum atomic E-state index is -0.698. The lowest BCUT2D eigenvalue weighted by molar-refractivity contribution is -0.123. The summed E-state index contributed by atoms with van der Waals surface area (Å²) in [6, 6.07) is 4.10. The number of hydrogen-bond donors (Lipinski definition) is 2. The summed E-state index contributed by atoms with van der Waals surface area (Å²) in [5, 5.41) is 4.66. The smallest absolute Gasteiger partial charge is 0.338 e. The van der Waals surface area contributed by atoms with Crippen LogP contribution in [0.15, 0.2) is 30.6 Å². The molecule has 0 saturated heterocycles. The third-order valence-corrected chi connectivity index (χ3v) is 3.30. The molecule has 0 radical (unpaired) electrons. The number of amides is 3. The van der Waals surface area contributed by atoms with Crippen molar-refractivity contribution in [2.24, 2.45) is 5.92 Å². The summed E-state index contributed by atoms with van der Waals surface area (Å²) in [4.78, 5) is 43.3. The van der Waals surface area contributed by atoms with Gasteiger partial charge in [-0.15, -0.1) is 0 Å². The number of esters is 1. The van der Waals surface area contributed by atoms with Gasteiger partial charge < -0.3 is 10.1 Å². The van der Waals surface area contributed by atoms with Crippen LogP contribution in [0.25, 0.3) is 11.0 Å². The molecule has 0 fully saturated rings. The van der Waals surface area contributed by atoms with Crippen molar-refractivity contribution in [1.82, 2.24) is 20.6 Å². The van der Waals surface area contributed by atoms with Crippen LogP contribution in [0.3, 0.4) is 0 Å². The molecular formula is C17H20N4O4. The fraction of sp³-hybridized carbons (Fsp3) is 0.353. The van der Waals surface area contributed by atoms with Crippen LogP contribution in [0.2, 0.25) is 0 Å². The van der Waals surface area contributed by atoms with Gasteiger partial charge in [-0.25, -0.2) is 9.59 Å². The number of carbonyl (C=O) groups is 3. The highest BCUT2D eigenvalue weighted by atomic mass is 16.5. The van der Waals surface area contributed by atoms with Gasteiger partial charge >= 0.3 is 12.0 Å². The monoisotopic (exact) mass is 344 g/mol. The van der Waals surface area contributed by atoms with Crippen molar-refractivity contribution in [3.8, 4) is 0 Å². The second kappa shape index (κ2) is 8.72. The molecule has 8 heteroatoms. The van der Waals surface area contributed by atoms with E-state index < -0.39 is 24.5 Å². The van der Waals surface area contributed by atoms with Gasteiger partial charge in [0, 0.05) is 18.9 Å². The third-order valence-electron chi connectivity index (χ3n) is 3.30. The Hall–Kier alpha value is -3.03. The van der Waals surface area contributed by atoms with Crippen LogP contribution in [0.1, 0.15) is 30.6 Å². The number of carbonyl (C=O) groups excluding carboxylic acids is 3. The highest BCUT2D eigenvalue weighted by molar-refractivity contribution is 5.97. The lowest BCUT2D eigenvalue weighted by atomic mass is 10.1. The molecule has 2 rings (SSSR count). The molecule has 0 saturated carbocycles. The molecule has 25 heavy (non-hydrogen) atoms. The molecule has 1 aromatic heterocycles. The highest BCUT2D eigenvalue weighted by Crippen LogP contribution is 2.11. The summed E-state index contributed by atoms with van der Waals surface area (Å²) in [5.74, 6) is -0.928. The fourth-order valence-corrected chi connectivity index (χ4v) is 1.99. The first-order valence-corrected chi connectivity index (χ1v) is 7.91. The second-order valence-electron chi connectivity index (χ2n) is 5.82. The maximum Gasteiger partial charge on any atom is 0.338 e. The van der Waals surface area contributed by atoms with Gasteiger partial charge in [0.2, 0.25) is 0 Å². The van der Waals surface area contributed by atoms with Gasteiger partial charge in [0.05, 0.1) is 16.6 Å². The molecule has 0 atom stereocenters. The zero-order valence-corrected chi connectivity index (χ0v) is 14.1. The predicted octanol–water partition coefficient (Wildman–Crippen LogP) is 1.66. The summed E-state index contributed by atoms with van der Waals surface area (Å²) in [6.07, 6.45) is 3.88. The van der Waals surface area contributed by atoms with E-state index in [0.717, 1.165) is 6.42 Å². The van der Waals surface area contributed by atoms with Gasteiger partial charge in [0.15, 0.2) is 6.61 Å². The molecule has 1 aromatic carbocycles. The van der Waals surface area contributed by atoms with Crippen LogP contribution in [0, 0.1) is 5.92 Å². The number of aromatic nitrogens is 2. The Morgan fingerprint density at radius 1 is 1.12 bits per heavy atom. The maximum absolute atomic E-state index is 12.0. The van der Waals surface area contributed by atoms with Crippen molar-refractivity contribution in [2.45, 2.75) is 20.3 Å². The number of rotatable bonds is 6. The Morgan fingerprint density at radius 2 is 1.84 bits per heavy atom. The number of ether oxygens (including phenoxy) is 1. The molecular weight excluding hydrogens is 324 g/mol. The third kappa shape index (κ3) is 5.83. The van der Waals surface area contributed by atoms with Crippen LogP contribution >= 0.6 is 0 Å². The van der Waals surface area contributed by atoms with E-state index in [1.54, 1.807) is 12.3 Å². The maximum atomic E-state index is 12.0. The summed E-state index contributed by atoms with van der Waals surface area (Å²) in [6.45, 7) is 3.98. The Morgan fingerprint density at radius 3 is 2.56 bits per heavy atom. The summed E-state index contributed by atoms with van der Waals surface area (Å²) in [5.41, 5.74) is 1.45. The van der Waals surface area contributed by atoms with E-state index in [4.69, 9.17) is 4.74 Å². The standard InChI is InChI=1S/C17H20N4O4/c1-11(2)5-6-20-17(24)21-15(22)10-25-16(23)12-3-4-13-14(9-12)19-8-7-18-13/h3-4,7-9,11H,5-6,10H2,1-2H3,(H2,20,21,22,24). The Kier molecular flexibility index (Phi) is 6.39. The van der Waals surface area contributed by atoms with Gasteiger partial charge in [-0.2, -0.15) is 0 Å². The summed E-state index contributed by atoms with van der Waals surface area (Å²) < 4.78 is 4.90. The summed E-state index contributed by atoms with van der Waals surface area (Å²) in [7, 11) is 0. The summed E-state index contributed by atoms with van der Waals surface area (Å²) >= 11 is 0. The fourth-order valence-electron chi connectivity index (χ4n) is 1.99. The van der Waals surface area contributed by atoms with Gasteiger partial charge in [-0.1, -0.05) is 13.8 Å². The molecule has 2 aromatic rings. The number of fused-ring (bicyclic) bond motifs is 1. The number of imide groups is 1. The van der Waals surface area contributed by atoms with E-state index in [0.29, 0.717) is 23.5 Å². The number of benzene rings is 1. The number of hydrogen-bond acceptors (Lipinski definition) is 6. The first-order chi connectivity index (χ1) is 12.0. The minimum absolute atomic E-state index is 0.252. The van der Waals surface area contributed by atoms with Crippen LogP contribution < -0.4 is 10.6 Å². The molecule has 0 spiro atoms. The predicted molar refractivity (Wildman–Crippen MR) is 90.8 cm³/mol. The first-order valence-electron chi connectivity index (χ1n) is 7.91. The van der Waals surface area contributed by atoms with Crippen molar-refractivity contribution in [1.29, 1.82) is 0 Å². The topological polar surface area (TPSA) is 110 Å². The highest BCUT2D eigenvalue weighted by Gasteiger charge is 2.13. The van der Waals surface area contributed by atoms with Crippen molar-refractivity contribution in [2.75, 3.05) is 13.2 Å².